The molecule has 4 heteroatoms. The number of thiocarbonyl (C=S) groups is 1. The highest BCUT2D eigenvalue weighted by atomic mass is 35.5. The van der Waals surface area contributed by atoms with Crippen LogP contribution in [-0.4, -0.2) is 22.3 Å². The molecule has 1 heterocycles. The highest BCUT2D eigenvalue weighted by Gasteiger charge is 2.15. The van der Waals surface area contributed by atoms with E-state index in [0.717, 1.165) is 27.3 Å². The zero-order valence-electron chi connectivity index (χ0n) is 8.28. The van der Waals surface area contributed by atoms with Gasteiger partial charge in [-0.05, 0) is 37.1 Å². The van der Waals surface area contributed by atoms with Crippen molar-refractivity contribution >= 4 is 39.9 Å². The number of hydrogen-bond donors (Lipinski definition) is 0. The second kappa shape index (κ2) is 5.19. The molecule has 2 rings (SSSR count). The van der Waals surface area contributed by atoms with Crippen molar-refractivity contribution in [2.75, 3.05) is 13.1 Å². The smallest absolute Gasteiger partial charge is 0.141 e. The van der Waals surface area contributed by atoms with Crippen LogP contribution in [0.15, 0.2) is 29.2 Å². The summed E-state index contributed by atoms with van der Waals surface area (Å²) in [6, 6.07) is 7.82. The van der Waals surface area contributed by atoms with Gasteiger partial charge in [0.15, 0.2) is 0 Å². The first-order valence-electron chi connectivity index (χ1n) is 4.98. The Labute approximate surface area is 105 Å². The number of thioether (sulfide) groups is 1. The maximum absolute atomic E-state index is 5.82. The lowest BCUT2D eigenvalue weighted by atomic mass is 10.4. The standard InChI is InChI=1S/C11H12ClNS2/c12-9-3-5-10(6-4-9)15-11(14)13-7-1-2-8-13/h3-6H,1-2,7-8H2. The van der Waals surface area contributed by atoms with Gasteiger partial charge in [-0.15, -0.1) is 0 Å². The zero-order valence-corrected chi connectivity index (χ0v) is 10.7. The SMILES string of the molecule is S=C(Sc1ccc(Cl)cc1)N1CCCC1. The van der Waals surface area contributed by atoms with Gasteiger partial charge in [-0.1, -0.05) is 35.6 Å². The quantitative estimate of drug-likeness (QED) is 0.556. The topological polar surface area (TPSA) is 3.24 Å². The number of halogens is 1. The molecule has 0 bridgehead atoms. The van der Waals surface area contributed by atoms with Gasteiger partial charge in [-0.25, -0.2) is 0 Å². The third-order valence-electron chi connectivity index (χ3n) is 2.38. The van der Waals surface area contributed by atoms with Crippen LogP contribution in [0.25, 0.3) is 0 Å². The van der Waals surface area contributed by atoms with E-state index in [9.17, 15) is 0 Å². The molecule has 1 aromatic carbocycles. The van der Waals surface area contributed by atoms with Crippen molar-refractivity contribution in [1.29, 1.82) is 0 Å². The average molecular weight is 258 g/mol. The summed E-state index contributed by atoms with van der Waals surface area (Å²) >= 11 is 12.9. The van der Waals surface area contributed by atoms with Gasteiger partial charge in [0.1, 0.15) is 4.32 Å². The first-order valence-corrected chi connectivity index (χ1v) is 6.58. The molecule has 0 atom stereocenters. The van der Waals surface area contributed by atoms with Crippen LogP contribution < -0.4 is 0 Å². The highest BCUT2D eigenvalue weighted by Crippen LogP contribution is 2.25. The Hall–Kier alpha value is -0.250. The molecule has 80 valence electrons. The summed E-state index contributed by atoms with van der Waals surface area (Å²) in [6.07, 6.45) is 2.53. The second-order valence-electron chi connectivity index (χ2n) is 3.52. The first kappa shape index (κ1) is 11.2. The molecule has 1 aromatic rings. The minimum atomic E-state index is 0.770. The van der Waals surface area contributed by atoms with E-state index in [1.165, 1.54) is 12.8 Å². The van der Waals surface area contributed by atoms with Crippen LogP contribution in [0.2, 0.25) is 5.02 Å². The Morgan fingerprint density at radius 2 is 1.80 bits per heavy atom. The van der Waals surface area contributed by atoms with Gasteiger partial charge >= 0.3 is 0 Å². The average Bonchev–Trinajstić information content (AvgIpc) is 2.74. The van der Waals surface area contributed by atoms with Crippen molar-refractivity contribution in [3.63, 3.8) is 0 Å². The molecule has 0 spiro atoms. The summed E-state index contributed by atoms with van der Waals surface area (Å²) in [5.41, 5.74) is 0. The van der Waals surface area contributed by atoms with Crippen LogP contribution in [0.1, 0.15) is 12.8 Å². The maximum atomic E-state index is 5.82. The molecule has 1 fully saturated rings. The van der Waals surface area contributed by atoms with Crippen LogP contribution >= 0.6 is 35.6 Å². The lowest BCUT2D eigenvalue weighted by Gasteiger charge is -2.17. The molecule has 0 N–H and O–H groups in total. The van der Waals surface area contributed by atoms with E-state index < -0.39 is 0 Å². The van der Waals surface area contributed by atoms with Crippen molar-refractivity contribution in [2.24, 2.45) is 0 Å². The van der Waals surface area contributed by atoms with Gasteiger partial charge in [0.2, 0.25) is 0 Å². The van der Waals surface area contributed by atoms with E-state index in [1.54, 1.807) is 11.8 Å². The lowest BCUT2D eigenvalue weighted by Crippen LogP contribution is -2.22. The van der Waals surface area contributed by atoms with Gasteiger partial charge < -0.3 is 4.90 Å². The van der Waals surface area contributed by atoms with Crippen LogP contribution in [0, 0.1) is 0 Å². The molecule has 0 aliphatic carbocycles. The number of rotatable bonds is 1. The largest absolute Gasteiger partial charge is 0.357 e. The summed E-state index contributed by atoms with van der Waals surface area (Å²) in [4.78, 5) is 3.44. The summed E-state index contributed by atoms with van der Waals surface area (Å²) in [5, 5.41) is 0.770. The van der Waals surface area contributed by atoms with E-state index >= 15 is 0 Å². The van der Waals surface area contributed by atoms with Gasteiger partial charge in [-0.2, -0.15) is 0 Å². The Bertz CT molecular complexity index is 344. The molecule has 0 saturated carbocycles. The molecule has 1 aliphatic heterocycles. The molecule has 1 saturated heterocycles. The fraction of sp³-hybridized carbons (Fsp3) is 0.364. The summed E-state index contributed by atoms with van der Waals surface area (Å²) in [6.45, 7) is 2.22. The van der Waals surface area contributed by atoms with Crippen LogP contribution in [-0.2, 0) is 0 Å². The van der Waals surface area contributed by atoms with Crippen LogP contribution in [0.5, 0.6) is 0 Å². The van der Waals surface area contributed by atoms with E-state index in [1.807, 2.05) is 24.3 Å². The second-order valence-corrected chi connectivity index (χ2v) is 5.66. The summed E-state index contributed by atoms with van der Waals surface area (Å²) < 4.78 is 0.981. The van der Waals surface area contributed by atoms with Gasteiger partial charge in [0.25, 0.3) is 0 Å². The van der Waals surface area contributed by atoms with Crippen molar-refractivity contribution in [3.8, 4) is 0 Å². The molecule has 15 heavy (non-hydrogen) atoms. The molecule has 0 aromatic heterocycles. The van der Waals surface area contributed by atoms with Crippen molar-refractivity contribution in [2.45, 2.75) is 17.7 Å². The van der Waals surface area contributed by atoms with E-state index in [4.69, 9.17) is 23.8 Å². The molecule has 0 radical (unpaired) electrons. The molecule has 0 amide bonds. The maximum Gasteiger partial charge on any atom is 0.141 e. The number of nitrogens with zero attached hydrogens (tertiary/aromatic N) is 1. The van der Waals surface area contributed by atoms with E-state index in [-0.39, 0.29) is 0 Å². The number of likely N-dealkylation sites (tertiary alicyclic amines) is 1. The number of hydrogen-bond acceptors (Lipinski definition) is 2. The Kier molecular flexibility index (Phi) is 3.89. The zero-order chi connectivity index (χ0) is 10.7. The first-order chi connectivity index (χ1) is 7.25. The molecule has 1 nitrogen and oxygen atoms in total. The van der Waals surface area contributed by atoms with Gasteiger partial charge in [0, 0.05) is 23.0 Å². The Balaban J connectivity index is 1.96. The minimum Gasteiger partial charge on any atom is -0.357 e. The normalized spacial score (nSPS) is 15.7. The monoisotopic (exact) mass is 257 g/mol. The molecule has 0 unspecified atom stereocenters. The van der Waals surface area contributed by atoms with Crippen LogP contribution in [0.3, 0.4) is 0 Å². The lowest BCUT2D eigenvalue weighted by molar-refractivity contribution is 0.539. The third kappa shape index (κ3) is 3.10. The minimum absolute atomic E-state index is 0.770. The molecule has 1 aliphatic rings. The predicted octanol–water partition coefficient (Wildman–Crippen LogP) is 3.81. The van der Waals surface area contributed by atoms with Gasteiger partial charge in [0.05, 0.1) is 0 Å². The molecular formula is C11H12ClNS2. The summed E-state index contributed by atoms with van der Waals surface area (Å²) in [5.74, 6) is 0. The Morgan fingerprint density at radius 3 is 2.40 bits per heavy atom. The fourth-order valence-corrected chi connectivity index (χ4v) is 2.95. The predicted molar refractivity (Wildman–Crippen MR) is 70.7 cm³/mol. The van der Waals surface area contributed by atoms with E-state index in [2.05, 4.69) is 4.90 Å². The Morgan fingerprint density at radius 1 is 1.20 bits per heavy atom. The van der Waals surface area contributed by atoms with Crippen molar-refractivity contribution in [1.82, 2.24) is 4.90 Å². The summed E-state index contributed by atoms with van der Waals surface area (Å²) in [7, 11) is 0. The highest BCUT2D eigenvalue weighted by molar-refractivity contribution is 8.22. The number of benzene rings is 1. The molecular weight excluding hydrogens is 246 g/mol. The van der Waals surface area contributed by atoms with Crippen molar-refractivity contribution in [3.05, 3.63) is 29.3 Å². The fourth-order valence-electron chi connectivity index (χ4n) is 1.57. The van der Waals surface area contributed by atoms with Gasteiger partial charge in [-0.3, -0.25) is 0 Å². The third-order valence-corrected chi connectivity index (χ3v) is 4.08. The van der Waals surface area contributed by atoms with Crippen LogP contribution in [0.4, 0.5) is 0 Å². The van der Waals surface area contributed by atoms with Crippen molar-refractivity contribution < 1.29 is 0 Å². The van der Waals surface area contributed by atoms with E-state index in [0.29, 0.717) is 0 Å².